The van der Waals surface area contributed by atoms with Crippen LogP contribution in [0, 0.1) is 0 Å². The summed E-state index contributed by atoms with van der Waals surface area (Å²) in [5, 5.41) is -4.29. The van der Waals surface area contributed by atoms with E-state index < -0.39 is 40.0 Å². The summed E-state index contributed by atoms with van der Waals surface area (Å²) in [5.74, 6) is -0.661. The molecule has 128 valence electrons. The minimum absolute atomic E-state index is 0.0386. The number of hydrogen-bond donors (Lipinski definition) is 1. The summed E-state index contributed by atoms with van der Waals surface area (Å²) in [6, 6.07) is 0. The van der Waals surface area contributed by atoms with Gasteiger partial charge < -0.3 is 9.47 Å². The molecule has 1 saturated carbocycles. The molecule has 1 aliphatic rings. The Hall–Kier alpha value is -1.06. The van der Waals surface area contributed by atoms with Gasteiger partial charge in [-0.3, -0.25) is 4.55 Å². The molecule has 9 heteroatoms. The van der Waals surface area contributed by atoms with E-state index in [0.717, 1.165) is 25.7 Å². The molecule has 0 bridgehead atoms. The van der Waals surface area contributed by atoms with Crippen molar-refractivity contribution in [2.45, 2.75) is 49.9 Å². The zero-order valence-electron chi connectivity index (χ0n) is 12.3. The minimum atomic E-state index is -5.47. The molecular formula is C13H20F2O6S. The number of ether oxygens (including phenoxy) is 2. The lowest BCUT2D eigenvalue weighted by atomic mass is 10.1. The first-order valence-electron chi connectivity index (χ1n) is 6.81. The number of hydrogen-bond acceptors (Lipinski definition) is 5. The molecule has 0 spiro atoms. The van der Waals surface area contributed by atoms with E-state index in [1.165, 1.54) is 0 Å². The summed E-state index contributed by atoms with van der Waals surface area (Å²) in [4.78, 5) is 11.8. The van der Waals surface area contributed by atoms with Gasteiger partial charge in [0.2, 0.25) is 0 Å². The number of rotatable bonds is 8. The summed E-state index contributed by atoms with van der Waals surface area (Å²) in [7, 11) is -5.47. The fourth-order valence-electron chi connectivity index (χ4n) is 2.10. The Balaban J connectivity index is 2.33. The van der Waals surface area contributed by atoms with Gasteiger partial charge in [-0.2, -0.15) is 17.2 Å². The zero-order chi connectivity index (χ0) is 17.0. The van der Waals surface area contributed by atoms with Crippen molar-refractivity contribution in [1.29, 1.82) is 0 Å². The van der Waals surface area contributed by atoms with Gasteiger partial charge in [-0.05, 0) is 32.6 Å². The SMILES string of the molecule is C=C(COCCC(F)(F)S(=O)(=O)O)C(=O)OC1(C)CCCC1. The Kier molecular flexibility index (Phi) is 6.05. The van der Waals surface area contributed by atoms with E-state index in [0.29, 0.717) is 0 Å². The molecule has 0 unspecified atom stereocenters. The number of alkyl halides is 2. The number of carbonyl (C=O) groups is 1. The first-order valence-corrected chi connectivity index (χ1v) is 8.25. The van der Waals surface area contributed by atoms with Crippen LogP contribution >= 0.6 is 0 Å². The molecule has 6 nitrogen and oxygen atoms in total. The largest absolute Gasteiger partial charge is 0.456 e. The summed E-state index contributed by atoms with van der Waals surface area (Å²) in [6.07, 6.45) is 2.24. The Bertz CT molecular complexity index is 523. The first kappa shape index (κ1) is 19.0. The van der Waals surface area contributed by atoms with Gasteiger partial charge in [-0.25, -0.2) is 4.79 Å². The van der Waals surface area contributed by atoms with Crippen molar-refractivity contribution in [1.82, 2.24) is 0 Å². The van der Waals surface area contributed by atoms with Crippen LogP contribution in [0.15, 0.2) is 12.2 Å². The molecule has 0 amide bonds. The molecule has 1 fully saturated rings. The second kappa shape index (κ2) is 7.01. The van der Waals surface area contributed by atoms with E-state index in [-0.39, 0.29) is 12.2 Å². The first-order chi connectivity index (χ1) is 9.97. The lowest BCUT2D eigenvalue weighted by Gasteiger charge is -2.24. The van der Waals surface area contributed by atoms with Crippen molar-refractivity contribution < 1.29 is 36.0 Å². The van der Waals surface area contributed by atoms with E-state index in [4.69, 9.17) is 14.0 Å². The number of carbonyl (C=O) groups excluding carboxylic acids is 1. The van der Waals surface area contributed by atoms with Crippen LogP contribution in [0.5, 0.6) is 0 Å². The van der Waals surface area contributed by atoms with E-state index in [1.807, 2.05) is 6.92 Å². The van der Waals surface area contributed by atoms with Crippen molar-refractivity contribution >= 4 is 16.1 Å². The van der Waals surface area contributed by atoms with Crippen molar-refractivity contribution in [3.63, 3.8) is 0 Å². The molecule has 0 atom stereocenters. The lowest BCUT2D eigenvalue weighted by Crippen LogP contribution is -2.31. The second-order valence-corrected chi connectivity index (χ2v) is 7.11. The van der Waals surface area contributed by atoms with Gasteiger partial charge in [0.15, 0.2) is 0 Å². The molecule has 1 N–H and O–H groups in total. The maximum absolute atomic E-state index is 12.9. The Morgan fingerprint density at radius 2 is 1.91 bits per heavy atom. The predicted octanol–water partition coefficient (Wildman–Crippen LogP) is 2.31. The van der Waals surface area contributed by atoms with Gasteiger partial charge in [0.05, 0.1) is 25.2 Å². The van der Waals surface area contributed by atoms with E-state index in [9.17, 15) is 22.0 Å². The Morgan fingerprint density at radius 1 is 1.36 bits per heavy atom. The molecule has 0 radical (unpaired) electrons. The van der Waals surface area contributed by atoms with Gasteiger partial charge in [0.1, 0.15) is 5.60 Å². The molecule has 0 heterocycles. The third-order valence-electron chi connectivity index (χ3n) is 3.48. The molecule has 0 aromatic heterocycles. The van der Waals surface area contributed by atoms with Crippen molar-refractivity contribution in [2.24, 2.45) is 0 Å². The fraction of sp³-hybridized carbons (Fsp3) is 0.769. The summed E-state index contributed by atoms with van der Waals surface area (Å²) in [6.45, 7) is 4.27. The maximum atomic E-state index is 12.9. The van der Waals surface area contributed by atoms with Gasteiger partial charge in [-0.1, -0.05) is 6.58 Å². The van der Waals surface area contributed by atoms with Crippen molar-refractivity contribution in [3.05, 3.63) is 12.2 Å². The van der Waals surface area contributed by atoms with E-state index >= 15 is 0 Å². The van der Waals surface area contributed by atoms with Crippen LogP contribution in [0.25, 0.3) is 0 Å². The lowest BCUT2D eigenvalue weighted by molar-refractivity contribution is -0.153. The molecule has 22 heavy (non-hydrogen) atoms. The highest BCUT2D eigenvalue weighted by Crippen LogP contribution is 2.33. The predicted molar refractivity (Wildman–Crippen MR) is 74.0 cm³/mol. The average Bonchev–Trinajstić information content (AvgIpc) is 2.79. The highest BCUT2D eigenvalue weighted by molar-refractivity contribution is 7.86. The third-order valence-corrected chi connectivity index (χ3v) is 4.44. The molecule has 0 aromatic rings. The standard InChI is InChI=1S/C13H20F2O6S/c1-10(11(16)21-12(2)5-3-4-6-12)9-20-8-7-13(14,15)22(17,18)19/h1,3-9H2,2H3,(H,17,18,19). The van der Waals surface area contributed by atoms with Crippen molar-refractivity contribution in [3.8, 4) is 0 Å². The maximum Gasteiger partial charge on any atom is 0.372 e. The second-order valence-electron chi connectivity index (χ2n) is 5.57. The van der Waals surface area contributed by atoms with Crippen LogP contribution in [0.1, 0.15) is 39.0 Å². The monoisotopic (exact) mass is 342 g/mol. The Morgan fingerprint density at radius 3 is 2.41 bits per heavy atom. The van der Waals surface area contributed by atoms with Gasteiger partial charge >= 0.3 is 21.3 Å². The topological polar surface area (TPSA) is 89.9 Å². The molecule has 0 saturated heterocycles. The van der Waals surface area contributed by atoms with Crippen LogP contribution in [0.4, 0.5) is 8.78 Å². The number of halogens is 2. The summed E-state index contributed by atoms with van der Waals surface area (Å²) < 4.78 is 65.0. The van der Waals surface area contributed by atoms with Crippen LogP contribution in [0.3, 0.4) is 0 Å². The normalized spacial score (nSPS) is 18.2. The van der Waals surface area contributed by atoms with Gasteiger partial charge in [0.25, 0.3) is 0 Å². The van der Waals surface area contributed by atoms with Gasteiger partial charge in [-0.15, -0.1) is 0 Å². The van der Waals surface area contributed by atoms with Crippen LogP contribution < -0.4 is 0 Å². The quantitative estimate of drug-likeness (QED) is 0.315. The van der Waals surface area contributed by atoms with Crippen molar-refractivity contribution in [2.75, 3.05) is 13.2 Å². The van der Waals surface area contributed by atoms with Crippen LogP contribution in [-0.2, 0) is 24.4 Å². The van der Waals surface area contributed by atoms with E-state index in [2.05, 4.69) is 6.58 Å². The zero-order valence-corrected chi connectivity index (χ0v) is 13.1. The molecular weight excluding hydrogens is 322 g/mol. The summed E-state index contributed by atoms with van der Waals surface area (Å²) in [5.41, 5.74) is -0.568. The Labute approximate surface area is 128 Å². The molecule has 1 rings (SSSR count). The molecule has 1 aliphatic carbocycles. The third kappa shape index (κ3) is 5.29. The average molecular weight is 342 g/mol. The molecule has 0 aromatic carbocycles. The minimum Gasteiger partial charge on any atom is -0.456 e. The van der Waals surface area contributed by atoms with Gasteiger partial charge in [0, 0.05) is 0 Å². The highest BCUT2D eigenvalue weighted by atomic mass is 32.2. The smallest absolute Gasteiger partial charge is 0.372 e. The van der Waals surface area contributed by atoms with E-state index in [1.54, 1.807) is 0 Å². The summed E-state index contributed by atoms with van der Waals surface area (Å²) >= 11 is 0. The van der Waals surface area contributed by atoms with Crippen LogP contribution in [-0.4, -0.2) is 43.0 Å². The number of esters is 1. The van der Waals surface area contributed by atoms with Crippen LogP contribution in [0.2, 0.25) is 0 Å². The fourth-order valence-corrected chi connectivity index (χ4v) is 2.44. The molecule has 0 aliphatic heterocycles. The highest BCUT2D eigenvalue weighted by Gasteiger charge is 2.43.